The van der Waals surface area contributed by atoms with Crippen LogP contribution in [0.5, 0.6) is 0 Å². The molecule has 0 N–H and O–H groups in total. The van der Waals surface area contributed by atoms with Crippen molar-refractivity contribution in [3.05, 3.63) is 93.5 Å². The number of carbonyl (C=O) groups is 1. The number of amides is 2. The van der Waals surface area contributed by atoms with Crippen LogP contribution in [0.25, 0.3) is 0 Å². The van der Waals surface area contributed by atoms with Crippen molar-refractivity contribution < 1.29 is 18.1 Å². The van der Waals surface area contributed by atoms with E-state index in [-0.39, 0.29) is 22.8 Å². The maximum absolute atomic E-state index is 13.6. The summed E-state index contributed by atoms with van der Waals surface area (Å²) >= 11 is 0. The third kappa shape index (κ3) is 3.42. The highest BCUT2D eigenvalue weighted by atomic mass is 32.2. The van der Waals surface area contributed by atoms with Gasteiger partial charge in [0.1, 0.15) is 4.90 Å². The Bertz CT molecular complexity index is 1300. The number of aryl methyl sites for hydroxylation is 2. The molecule has 2 amide bonds. The lowest BCUT2D eigenvalue weighted by molar-refractivity contribution is -0.384. The number of anilines is 2. The van der Waals surface area contributed by atoms with Gasteiger partial charge in [-0.05, 0) is 42.7 Å². The summed E-state index contributed by atoms with van der Waals surface area (Å²) in [7, 11) is -4.14. The Morgan fingerprint density at radius 3 is 2.26 bits per heavy atom. The molecular formula is C22H19N3O5S. The van der Waals surface area contributed by atoms with Gasteiger partial charge >= 0.3 is 6.03 Å². The van der Waals surface area contributed by atoms with Gasteiger partial charge in [0.15, 0.2) is 0 Å². The van der Waals surface area contributed by atoms with Crippen molar-refractivity contribution in [2.45, 2.75) is 25.3 Å². The van der Waals surface area contributed by atoms with Crippen molar-refractivity contribution in [2.24, 2.45) is 0 Å². The minimum atomic E-state index is -4.14. The number of hydrogen-bond acceptors (Lipinski definition) is 5. The van der Waals surface area contributed by atoms with E-state index in [1.54, 1.807) is 56.3 Å². The van der Waals surface area contributed by atoms with Gasteiger partial charge in [0, 0.05) is 12.1 Å². The van der Waals surface area contributed by atoms with E-state index in [0.717, 1.165) is 4.31 Å². The van der Waals surface area contributed by atoms with Crippen molar-refractivity contribution >= 4 is 33.1 Å². The van der Waals surface area contributed by atoms with Gasteiger partial charge in [-0.2, -0.15) is 4.31 Å². The molecule has 0 fully saturated rings. The quantitative estimate of drug-likeness (QED) is 0.440. The third-order valence-electron chi connectivity index (χ3n) is 5.18. The van der Waals surface area contributed by atoms with Crippen molar-refractivity contribution in [3.8, 4) is 0 Å². The summed E-state index contributed by atoms with van der Waals surface area (Å²) in [5, 5.41) is 11.1. The molecule has 0 bridgehead atoms. The second-order valence-electron chi connectivity index (χ2n) is 7.27. The second-order valence-corrected chi connectivity index (χ2v) is 9.03. The van der Waals surface area contributed by atoms with Crippen molar-refractivity contribution in [1.82, 2.24) is 0 Å². The third-order valence-corrected chi connectivity index (χ3v) is 6.90. The fourth-order valence-corrected chi connectivity index (χ4v) is 5.48. The van der Waals surface area contributed by atoms with E-state index in [0.29, 0.717) is 22.4 Å². The van der Waals surface area contributed by atoms with E-state index in [2.05, 4.69) is 0 Å². The molecule has 158 valence electrons. The van der Waals surface area contributed by atoms with Gasteiger partial charge in [0.25, 0.3) is 15.7 Å². The number of benzene rings is 3. The summed E-state index contributed by atoms with van der Waals surface area (Å²) in [6, 6.07) is 16.8. The van der Waals surface area contributed by atoms with Crippen LogP contribution in [0.2, 0.25) is 0 Å². The molecule has 0 aliphatic carbocycles. The lowest BCUT2D eigenvalue weighted by Crippen LogP contribution is -2.51. The number of sulfonamides is 1. The summed E-state index contributed by atoms with van der Waals surface area (Å²) in [5.74, 6) is 0. The number of hydrogen-bond donors (Lipinski definition) is 0. The van der Waals surface area contributed by atoms with Crippen LogP contribution in [0.3, 0.4) is 0 Å². The van der Waals surface area contributed by atoms with Gasteiger partial charge in [-0.1, -0.05) is 42.5 Å². The molecule has 9 heteroatoms. The zero-order chi connectivity index (χ0) is 22.3. The van der Waals surface area contributed by atoms with Gasteiger partial charge in [-0.25, -0.2) is 13.2 Å². The smallest absolute Gasteiger partial charge is 0.287 e. The monoisotopic (exact) mass is 437 g/mol. The molecule has 0 aromatic heterocycles. The molecule has 0 spiro atoms. The molecule has 0 saturated heterocycles. The molecule has 0 saturated carbocycles. The Morgan fingerprint density at radius 1 is 0.935 bits per heavy atom. The van der Waals surface area contributed by atoms with Crippen LogP contribution in [0.1, 0.15) is 16.7 Å². The van der Waals surface area contributed by atoms with E-state index in [1.807, 2.05) is 0 Å². The van der Waals surface area contributed by atoms with Crippen LogP contribution < -0.4 is 9.21 Å². The maximum atomic E-state index is 13.6. The van der Waals surface area contributed by atoms with Crippen molar-refractivity contribution in [3.63, 3.8) is 0 Å². The largest absolute Gasteiger partial charge is 0.343 e. The van der Waals surface area contributed by atoms with Crippen LogP contribution in [0.4, 0.5) is 21.9 Å². The molecule has 31 heavy (non-hydrogen) atoms. The van der Waals surface area contributed by atoms with E-state index in [9.17, 15) is 23.3 Å². The Hall–Kier alpha value is -3.72. The summed E-state index contributed by atoms with van der Waals surface area (Å²) in [4.78, 5) is 25.5. The SMILES string of the molecule is Cc1cccc(C)c1N1C(=O)N(Cc2cccc([N+](=O)[O-])c2)c2ccccc2S1(=O)=O. The summed E-state index contributed by atoms with van der Waals surface area (Å²) in [5.41, 5.74) is 2.25. The molecule has 3 aromatic rings. The molecule has 8 nitrogen and oxygen atoms in total. The van der Waals surface area contributed by atoms with E-state index in [1.165, 1.54) is 29.2 Å². The molecule has 0 radical (unpaired) electrons. The Balaban J connectivity index is 1.89. The minimum absolute atomic E-state index is 0.00249. The van der Waals surface area contributed by atoms with E-state index < -0.39 is 21.0 Å². The average Bonchev–Trinajstić information content (AvgIpc) is 2.73. The van der Waals surface area contributed by atoms with Gasteiger partial charge < -0.3 is 0 Å². The summed E-state index contributed by atoms with van der Waals surface area (Å²) < 4.78 is 27.7. The van der Waals surface area contributed by atoms with E-state index in [4.69, 9.17) is 0 Å². The van der Waals surface area contributed by atoms with Crippen LogP contribution in [-0.4, -0.2) is 19.4 Å². The predicted molar refractivity (Wildman–Crippen MR) is 117 cm³/mol. The van der Waals surface area contributed by atoms with Crippen LogP contribution >= 0.6 is 0 Å². The molecule has 1 heterocycles. The predicted octanol–water partition coefficient (Wildman–Crippen LogP) is 4.55. The number of urea groups is 1. The number of non-ortho nitro benzene ring substituents is 1. The number of nitro benzene ring substituents is 1. The van der Waals surface area contributed by atoms with Gasteiger partial charge in [0.2, 0.25) is 0 Å². The summed E-state index contributed by atoms with van der Waals surface area (Å²) in [6.07, 6.45) is 0. The number of nitro groups is 1. The molecule has 0 atom stereocenters. The molecule has 4 rings (SSSR count). The molecule has 0 unspecified atom stereocenters. The van der Waals surface area contributed by atoms with Crippen LogP contribution in [-0.2, 0) is 16.6 Å². The van der Waals surface area contributed by atoms with Crippen LogP contribution in [0, 0.1) is 24.0 Å². The number of nitrogens with zero attached hydrogens (tertiary/aromatic N) is 3. The Kier molecular flexibility index (Phi) is 4.98. The molecule has 3 aromatic carbocycles. The highest BCUT2D eigenvalue weighted by Gasteiger charge is 2.43. The van der Waals surface area contributed by atoms with Gasteiger partial charge in [-0.3, -0.25) is 15.0 Å². The summed E-state index contributed by atoms with van der Waals surface area (Å²) in [6.45, 7) is 3.47. The Labute approximate surface area is 179 Å². The van der Waals surface area contributed by atoms with Crippen molar-refractivity contribution in [1.29, 1.82) is 0 Å². The zero-order valence-electron chi connectivity index (χ0n) is 16.8. The van der Waals surface area contributed by atoms with Gasteiger partial charge in [-0.15, -0.1) is 0 Å². The first kappa shape index (κ1) is 20.5. The lowest BCUT2D eigenvalue weighted by atomic mass is 10.1. The normalized spacial score (nSPS) is 15.0. The highest BCUT2D eigenvalue weighted by molar-refractivity contribution is 7.94. The number of rotatable bonds is 4. The van der Waals surface area contributed by atoms with E-state index >= 15 is 0 Å². The molecule has 1 aliphatic heterocycles. The van der Waals surface area contributed by atoms with Crippen LogP contribution in [0.15, 0.2) is 71.6 Å². The minimum Gasteiger partial charge on any atom is -0.287 e. The highest BCUT2D eigenvalue weighted by Crippen LogP contribution is 2.40. The number of para-hydroxylation sites is 2. The molecular weight excluding hydrogens is 418 g/mol. The lowest BCUT2D eigenvalue weighted by Gasteiger charge is -2.37. The number of fused-ring (bicyclic) bond motifs is 1. The first-order valence-corrected chi connectivity index (χ1v) is 10.9. The number of carbonyl (C=O) groups excluding carboxylic acids is 1. The standard InChI is InChI=1S/C22H19N3O5S/c1-15-7-5-8-16(2)21(15)24-22(26)23(14-17-9-6-10-18(13-17)25(27)28)19-11-3-4-12-20(19)31(24,29)30/h3-13H,14H2,1-2H3. The Morgan fingerprint density at radius 2 is 1.58 bits per heavy atom. The molecule has 1 aliphatic rings. The van der Waals surface area contributed by atoms with Crippen molar-refractivity contribution in [2.75, 3.05) is 9.21 Å². The first-order chi connectivity index (χ1) is 14.7. The zero-order valence-corrected chi connectivity index (χ0v) is 17.7. The fraction of sp³-hybridized carbons (Fsp3) is 0.136. The fourth-order valence-electron chi connectivity index (χ4n) is 3.76. The second kappa shape index (κ2) is 7.51. The maximum Gasteiger partial charge on any atom is 0.343 e. The van der Waals surface area contributed by atoms with Gasteiger partial charge in [0.05, 0.1) is 22.8 Å². The topological polar surface area (TPSA) is 101 Å². The first-order valence-electron chi connectivity index (χ1n) is 9.47. The average molecular weight is 437 g/mol.